The molecule has 2 N–H and O–H groups in total. The van der Waals surface area contributed by atoms with Crippen LogP contribution in [0.3, 0.4) is 0 Å². The van der Waals surface area contributed by atoms with Gasteiger partial charge in [-0.1, -0.05) is 0 Å². The zero-order valence-electron chi connectivity index (χ0n) is 11.1. The molecule has 7 nitrogen and oxygen atoms in total. The molecule has 2 heterocycles. The van der Waals surface area contributed by atoms with Crippen LogP contribution in [0.1, 0.15) is 12.8 Å². The van der Waals surface area contributed by atoms with Crippen LogP contribution in [0.5, 0.6) is 0 Å². The van der Waals surface area contributed by atoms with Crippen molar-refractivity contribution in [2.24, 2.45) is 11.7 Å². The van der Waals surface area contributed by atoms with E-state index < -0.39 is 10.0 Å². The van der Waals surface area contributed by atoms with Crippen molar-refractivity contribution in [2.75, 3.05) is 39.0 Å². The van der Waals surface area contributed by atoms with Gasteiger partial charge in [-0.05, 0) is 18.8 Å². The fraction of sp³-hybridized carbons (Fsp3) is 0.909. The highest BCUT2D eigenvalue weighted by Crippen LogP contribution is 2.21. The lowest BCUT2D eigenvalue weighted by Gasteiger charge is -2.32. The van der Waals surface area contributed by atoms with Crippen LogP contribution in [0.15, 0.2) is 0 Å². The van der Waals surface area contributed by atoms with E-state index in [-0.39, 0.29) is 18.1 Å². The second-order valence-corrected chi connectivity index (χ2v) is 7.26. The molecule has 0 aromatic carbocycles. The van der Waals surface area contributed by atoms with E-state index in [1.54, 1.807) is 4.90 Å². The summed E-state index contributed by atoms with van der Waals surface area (Å²) in [5.41, 5.74) is 5.48. The number of nitrogens with zero attached hydrogens (tertiary/aromatic N) is 2. The summed E-state index contributed by atoms with van der Waals surface area (Å²) in [7, 11) is -3.14. The van der Waals surface area contributed by atoms with E-state index in [1.165, 1.54) is 10.6 Å². The van der Waals surface area contributed by atoms with E-state index in [9.17, 15) is 13.2 Å². The molecule has 0 aromatic rings. The SMILES string of the molecule is CS(=O)(=O)N1CCCC(CN2CC(CN)OC2=O)C1. The van der Waals surface area contributed by atoms with Gasteiger partial charge in [0.15, 0.2) is 0 Å². The van der Waals surface area contributed by atoms with Gasteiger partial charge in [0, 0.05) is 26.2 Å². The number of hydrogen-bond acceptors (Lipinski definition) is 5. The third kappa shape index (κ3) is 3.58. The maximum absolute atomic E-state index is 11.6. The maximum Gasteiger partial charge on any atom is 0.410 e. The number of rotatable bonds is 4. The van der Waals surface area contributed by atoms with Gasteiger partial charge in [-0.3, -0.25) is 0 Å². The van der Waals surface area contributed by atoms with Crippen LogP contribution >= 0.6 is 0 Å². The van der Waals surface area contributed by atoms with Gasteiger partial charge in [-0.25, -0.2) is 17.5 Å². The van der Waals surface area contributed by atoms with Crippen molar-refractivity contribution >= 4 is 16.1 Å². The van der Waals surface area contributed by atoms with Crippen LogP contribution in [-0.4, -0.2) is 68.8 Å². The molecule has 0 radical (unpaired) electrons. The number of nitrogens with two attached hydrogens (primary N) is 1. The molecule has 1 amide bonds. The molecule has 0 bridgehead atoms. The zero-order valence-corrected chi connectivity index (χ0v) is 11.9. The van der Waals surface area contributed by atoms with Gasteiger partial charge in [0.05, 0.1) is 12.8 Å². The van der Waals surface area contributed by atoms with Gasteiger partial charge in [-0.15, -0.1) is 0 Å². The molecule has 19 heavy (non-hydrogen) atoms. The average molecular weight is 291 g/mol. The Morgan fingerprint density at radius 3 is 2.74 bits per heavy atom. The number of piperidine rings is 1. The Labute approximate surface area is 113 Å². The van der Waals surface area contributed by atoms with Crippen LogP contribution in [0.2, 0.25) is 0 Å². The van der Waals surface area contributed by atoms with Crippen molar-refractivity contribution in [1.29, 1.82) is 0 Å². The van der Waals surface area contributed by atoms with Crippen molar-refractivity contribution in [3.05, 3.63) is 0 Å². The summed E-state index contributed by atoms with van der Waals surface area (Å²) in [6.45, 7) is 2.43. The first-order valence-corrected chi connectivity index (χ1v) is 8.35. The minimum Gasteiger partial charge on any atom is -0.443 e. The Morgan fingerprint density at radius 2 is 2.16 bits per heavy atom. The fourth-order valence-corrected chi connectivity index (χ4v) is 3.58. The minimum atomic E-state index is -3.14. The van der Waals surface area contributed by atoms with Gasteiger partial charge in [0.25, 0.3) is 0 Å². The Hall–Kier alpha value is -0.860. The van der Waals surface area contributed by atoms with E-state index in [0.29, 0.717) is 32.7 Å². The van der Waals surface area contributed by atoms with Crippen molar-refractivity contribution in [1.82, 2.24) is 9.21 Å². The predicted molar refractivity (Wildman–Crippen MR) is 70.0 cm³/mol. The average Bonchev–Trinajstić information content (AvgIpc) is 2.70. The second-order valence-electron chi connectivity index (χ2n) is 5.28. The zero-order chi connectivity index (χ0) is 14.0. The number of cyclic esters (lactones) is 1. The minimum absolute atomic E-state index is 0.174. The lowest BCUT2D eigenvalue weighted by molar-refractivity contribution is 0.130. The first-order valence-electron chi connectivity index (χ1n) is 6.51. The molecule has 110 valence electrons. The van der Waals surface area contributed by atoms with Crippen LogP contribution in [0, 0.1) is 5.92 Å². The quantitative estimate of drug-likeness (QED) is 0.749. The Bertz CT molecular complexity index is 439. The number of ether oxygens (including phenoxy) is 1. The smallest absolute Gasteiger partial charge is 0.410 e. The molecule has 0 aliphatic carbocycles. The summed E-state index contributed by atoms with van der Waals surface area (Å²) in [4.78, 5) is 13.2. The monoisotopic (exact) mass is 291 g/mol. The van der Waals surface area contributed by atoms with Crippen LogP contribution in [-0.2, 0) is 14.8 Å². The summed E-state index contributed by atoms with van der Waals surface area (Å²) >= 11 is 0. The number of amides is 1. The highest BCUT2D eigenvalue weighted by molar-refractivity contribution is 7.88. The highest BCUT2D eigenvalue weighted by Gasteiger charge is 2.34. The molecule has 0 aromatic heterocycles. The van der Waals surface area contributed by atoms with Gasteiger partial charge < -0.3 is 15.4 Å². The molecule has 0 spiro atoms. The molecule has 0 saturated carbocycles. The predicted octanol–water partition coefficient (Wildman–Crippen LogP) is -0.562. The highest BCUT2D eigenvalue weighted by atomic mass is 32.2. The number of carbonyl (C=O) groups is 1. The van der Waals surface area contributed by atoms with Gasteiger partial charge in [0.1, 0.15) is 6.10 Å². The van der Waals surface area contributed by atoms with Crippen LogP contribution < -0.4 is 5.73 Å². The summed E-state index contributed by atoms with van der Waals surface area (Å²) in [5, 5.41) is 0. The number of sulfonamides is 1. The molecule has 2 fully saturated rings. The summed E-state index contributed by atoms with van der Waals surface area (Å²) in [6, 6.07) is 0. The van der Waals surface area contributed by atoms with Gasteiger partial charge in [0.2, 0.25) is 10.0 Å². The first kappa shape index (κ1) is 14.5. The summed E-state index contributed by atoms with van der Waals surface area (Å²) < 4.78 is 29.6. The molecule has 2 atom stereocenters. The van der Waals surface area contributed by atoms with Crippen molar-refractivity contribution < 1.29 is 17.9 Å². The molecular weight excluding hydrogens is 270 g/mol. The normalized spacial score (nSPS) is 29.6. The Morgan fingerprint density at radius 1 is 1.42 bits per heavy atom. The largest absolute Gasteiger partial charge is 0.443 e. The standard InChI is InChI=1S/C11H21N3O4S/c1-19(16,17)14-4-2-3-9(7-14)6-13-8-10(5-12)18-11(13)15/h9-10H,2-8,12H2,1H3. The Kier molecular flexibility index (Phi) is 4.32. The molecule has 2 aliphatic rings. The van der Waals surface area contributed by atoms with E-state index in [2.05, 4.69) is 0 Å². The van der Waals surface area contributed by atoms with E-state index in [0.717, 1.165) is 12.8 Å². The van der Waals surface area contributed by atoms with Crippen molar-refractivity contribution in [2.45, 2.75) is 18.9 Å². The topological polar surface area (TPSA) is 92.9 Å². The van der Waals surface area contributed by atoms with E-state index in [1.807, 2.05) is 0 Å². The van der Waals surface area contributed by atoms with Gasteiger partial charge in [-0.2, -0.15) is 0 Å². The Balaban J connectivity index is 1.91. The number of carbonyl (C=O) groups excluding carboxylic acids is 1. The fourth-order valence-electron chi connectivity index (χ4n) is 2.64. The third-order valence-electron chi connectivity index (χ3n) is 3.64. The second kappa shape index (κ2) is 5.64. The lowest BCUT2D eigenvalue weighted by atomic mass is 9.99. The number of hydrogen-bond donors (Lipinski definition) is 1. The summed E-state index contributed by atoms with van der Waals surface area (Å²) in [5.74, 6) is 0.174. The van der Waals surface area contributed by atoms with E-state index >= 15 is 0 Å². The molecule has 2 rings (SSSR count). The van der Waals surface area contributed by atoms with Crippen molar-refractivity contribution in [3.8, 4) is 0 Å². The van der Waals surface area contributed by atoms with Crippen LogP contribution in [0.25, 0.3) is 0 Å². The first-order chi connectivity index (χ1) is 8.90. The third-order valence-corrected chi connectivity index (χ3v) is 4.91. The summed E-state index contributed by atoms with van der Waals surface area (Å²) in [6.07, 6.45) is 2.42. The van der Waals surface area contributed by atoms with Crippen LogP contribution in [0.4, 0.5) is 4.79 Å². The lowest BCUT2D eigenvalue weighted by Crippen LogP contribution is -2.43. The molecule has 2 aliphatic heterocycles. The van der Waals surface area contributed by atoms with E-state index in [4.69, 9.17) is 10.5 Å². The molecule has 8 heteroatoms. The maximum atomic E-state index is 11.6. The van der Waals surface area contributed by atoms with Crippen molar-refractivity contribution in [3.63, 3.8) is 0 Å². The van der Waals surface area contributed by atoms with Gasteiger partial charge >= 0.3 is 6.09 Å². The molecule has 2 unspecified atom stereocenters. The molecular formula is C11H21N3O4S. The molecule has 2 saturated heterocycles.